The van der Waals surface area contributed by atoms with Crippen LogP contribution in [0.1, 0.15) is 52.1 Å². The molecule has 1 fully saturated rings. The summed E-state index contributed by atoms with van der Waals surface area (Å²) in [6.45, 7) is 11.5. The Bertz CT molecular complexity index is 487. The Balaban J connectivity index is 1.86. The van der Waals surface area contributed by atoms with Crippen LogP contribution < -0.4 is 0 Å². The van der Waals surface area contributed by atoms with Gasteiger partial charge in [0.2, 0.25) is 0 Å². The lowest BCUT2D eigenvalue weighted by molar-refractivity contribution is 0.147. The van der Waals surface area contributed by atoms with Crippen molar-refractivity contribution in [2.75, 3.05) is 19.6 Å². The summed E-state index contributed by atoms with van der Waals surface area (Å²) in [4.78, 5) is 2.41. The van der Waals surface area contributed by atoms with Crippen molar-refractivity contribution in [3.05, 3.63) is 18.0 Å². The summed E-state index contributed by atoms with van der Waals surface area (Å²) >= 11 is 0. The Kier molecular flexibility index (Phi) is 5.05. The van der Waals surface area contributed by atoms with Gasteiger partial charge in [0.25, 0.3) is 0 Å². The average molecular weight is 288 g/mol. The van der Waals surface area contributed by atoms with E-state index in [9.17, 15) is 0 Å². The Morgan fingerprint density at radius 2 is 2.05 bits per heavy atom. The minimum atomic E-state index is -0.247. The summed E-state index contributed by atoms with van der Waals surface area (Å²) in [7, 11) is 0. The summed E-state index contributed by atoms with van der Waals surface area (Å²) in [6, 6.07) is 2.91. The third kappa shape index (κ3) is 4.57. The molecule has 0 spiro atoms. The molecule has 1 saturated heterocycles. The first-order valence-electron chi connectivity index (χ1n) is 8.06. The van der Waals surface area contributed by atoms with Gasteiger partial charge in [0.15, 0.2) is 0 Å². The Hall–Kier alpha value is -1.34. The van der Waals surface area contributed by atoms with Gasteiger partial charge in [-0.25, -0.2) is 0 Å². The minimum Gasteiger partial charge on any atom is -0.302 e. The van der Waals surface area contributed by atoms with Crippen molar-refractivity contribution < 1.29 is 0 Å². The van der Waals surface area contributed by atoms with Crippen LogP contribution in [0.2, 0.25) is 0 Å². The molecule has 0 aromatic carbocycles. The SMILES string of the molecule is CC(C)Cc1cnn(C2CCN(CC(C)(C)C#N)CC2)c1. The van der Waals surface area contributed by atoms with Gasteiger partial charge < -0.3 is 4.90 Å². The lowest BCUT2D eigenvalue weighted by Gasteiger charge is -2.34. The summed E-state index contributed by atoms with van der Waals surface area (Å²) in [5.74, 6) is 0.678. The standard InChI is InChI=1S/C17H28N4/c1-14(2)9-15-10-19-21(11-15)16-5-7-20(8-6-16)13-17(3,4)12-18/h10-11,14,16H,5-9,13H2,1-4H3. The molecule has 2 heterocycles. The molecule has 0 unspecified atom stereocenters. The molecule has 0 amide bonds. The van der Waals surface area contributed by atoms with E-state index in [0.29, 0.717) is 12.0 Å². The summed E-state index contributed by atoms with van der Waals surface area (Å²) in [6.07, 6.45) is 7.61. The van der Waals surface area contributed by atoms with Crippen LogP contribution >= 0.6 is 0 Å². The second-order valence-electron chi connectivity index (χ2n) is 7.43. The van der Waals surface area contributed by atoms with E-state index in [-0.39, 0.29) is 5.41 Å². The van der Waals surface area contributed by atoms with Crippen molar-refractivity contribution in [1.29, 1.82) is 5.26 Å². The summed E-state index contributed by atoms with van der Waals surface area (Å²) in [5.41, 5.74) is 1.10. The molecule has 4 nitrogen and oxygen atoms in total. The maximum Gasteiger partial charge on any atom is 0.0697 e. The zero-order chi connectivity index (χ0) is 15.5. The molecule has 0 radical (unpaired) electrons. The molecular weight excluding hydrogens is 260 g/mol. The van der Waals surface area contributed by atoms with Crippen LogP contribution in [-0.4, -0.2) is 34.3 Å². The van der Waals surface area contributed by atoms with Gasteiger partial charge in [0.05, 0.1) is 23.7 Å². The van der Waals surface area contributed by atoms with Crippen LogP contribution in [0.5, 0.6) is 0 Å². The van der Waals surface area contributed by atoms with Crippen LogP contribution in [0.4, 0.5) is 0 Å². The molecule has 116 valence electrons. The molecule has 0 aliphatic carbocycles. The highest BCUT2D eigenvalue weighted by Crippen LogP contribution is 2.25. The Morgan fingerprint density at radius 1 is 1.38 bits per heavy atom. The molecule has 21 heavy (non-hydrogen) atoms. The summed E-state index contributed by atoms with van der Waals surface area (Å²) in [5, 5.41) is 13.7. The van der Waals surface area contributed by atoms with Crippen LogP contribution in [0.25, 0.3) is 0 Å². The number of hydrogen-bond donors (Lipinski definition) is 0. The Labute approximate surface area is 128 Å². The van der Waals surface area contributed by atoms with E-state index < -0.39 is 0 Å². The topological polar surface area (TPSA) is 44.9 Å². The molecule has 4 heteroatoms. The van der Waals surface area contributed by atoms with Crippen LogP contribution in [0, 0.1) is 22.7 Å². The zero-order valence-corrected chi connectivity index (χ0v) is 13.8. The van der Waals surface area contributed by atoms with Gasteiger partial charge >= 0.3 is 0 Å². The highest BCUT2D eigenvalue weighted by molar-refractivity contribution is 5.05. The maximum absolute atomic E-state index is 9.14. The number of hydrogen-bond acceptors (Lipinski definition) is 3. The molecule has 0 atom stereocenters. The van der Waals surface area contributed by atoms with Gasteiger partial charge in [0, 0.05) is 25.8 Å². The zero-order valence-electron chi connectivity index (χ0n) is 13.8. The molecule has 1 aliphatic rings. The molecule has 0 saturated carbocycles. The van der Waals surface area contributed by atoms with Gasteiger partial charge in [-0.1, -0.05) is 13.8 Å². The second kappa shape index (κ2) is 6.62. The van der Waals surface area contributed by atoms with E-state index in [0.717, 1.165) is 38.9 Å². The third-order valence-electron chi connectivity index (χ3n) is 4.15. The van der Waals surface area contributed by atoms with Crippen molar-refractivity contribution in [2.45, 2.75) is 53.0 Å². The smallest absolute Gasteiger partial charge is 0.0697 e. The van der Waals surface area contributed by atoms with Crippen molar-refractivity contribution >= 4 is 0 Å². The average Bonchev–Trinajstić information content (AvgIpc) is 2.87. The fourth-order valence-corrected chi connectivity index (χ4v) is 3.09. The fraction of sp³-hybridized carbons (Fsp3) is 0.765. The summed E-state index contributed by atoms with van der Waals surface area (Å²) < 4.78 is 2.16. The van der Waals surface area contributed by atoms with E-state index in [1.165, 1.54) is 5.56 Å². The number of rotatable bonds is 5. The first-order valence-corrected chi connectivity index (χ1v) is 8.06. The van der Waals surface area contributed by atoms with E-state index in [1.807, 2.05) is 20.0 Å². The first-order chi connectivity index (χ1) is 9.89. The number of aromatic nitrogens is 2. The van der Waals surface area contributed by atoms with Crippen LogP contribution in [0.15, 0.2) is 12.4 Å². The minimum absolute atomic E-state index is 0.247. The van der Waals surface area contributed by atoms with Gasteiger partial charge in [-0.3, -0.25) is 4.68 Å². The lowest BCUT2D eigenvalue weighted by Crippen LogP contribution is -2.40. The fourth-order valence-electron chi connectivity index (χ4n) is 3.09. The predicted octanol–water partition coefficient (Wildman–Crippen LogP) is 3.27. The van der Waals surface area contributed by atoms with E-state index in [1.54, 1.807) is 0 Å². The highest BCUT2D eigenvalue weighted by atomic mass is 15.3. The van der Waals surface area contributed by atoms with E-state index in [2.05, 4.69) is 40.8 Å². The van der Waals surface area contributed by atoms with Crippen LogP contribution in [-0.2, 0) is 6.42 Å². The molecule has 2 rings (SSSR count). The van der Waals surface area contributed by atoms with Crippen molar-refractivity contribution in [1.82, 2.24) is 14.7 Å². The maximum atomic E-state index is 9.14. The quantitative estimate of drug-likeness (QED) is 0.835. The molecule has 0 N–H and O–H groups in total. The highest BCUT2D eigenvalue weighted by Gasteiger charge is 2.26. The monoisotopic (exact) mass is 288 g/mol. The van der Waals surface area contributed by atoms with Gasteiger partial charge in [-0.2, -0.15) is 10.4 Å². The number of nitrogens with zero attached hydrogens (tertiary/aromatic N) is 4. The van der Waals surface area contributed by atoms with Crippen molar-refractivity contribution in [3.63, 3.8) is 0 Å². The lowest BCUT2D eigenvalue weighted by atomic mass is 9.93. The van der Waals surface area contributed by atoms with E-state index in [4.69, 9.17) is 5.26 Å². The third-order valence-corrected chi connectivity index (χ3v) is 4.15. The van der Waals surface area contributed by atoms with Gasteiger partial charge in [0.1, 0.15) is 0 Å². The Morgan fingerprint density at radius 3 is 2.62 bits per heavy atom. The number of nitriles is 1. The number of likely N-dealkylation sites (tertiary alicyclic amines) is 1. The molecule has 1 aromatic rings. The van der Waals surface area contributed by atoms with E-state index >= 15 is 0 Å². The van der Waals surface area contributed by atoms with Crippen LogP contribution in [0.3, 0.4) is 0 Å². The van der Waals surface area contributed by atoms with Crippen molar-refractivity contribution in [3.8, 4) is 6.07 Å². The molecular formula is C17H28N4. The molecule has 1 aliphatic heterocycles. The number of piperidine rings is 1. The molecule has 1 aromatic heterocycles. The molecule has 0 bridgehead atoms. The van der Waals surface area contributed by atoms with Gasteiger partial charge in [-0.05, 0) is 44.6 Å². The second-order valence-corrected chi connectivity index (χ2v) is 7.43. The van der Waals surface area contributed by atoms with Gasteiger partial charge in [-0.15, -0.1) is 0 Å². The largest absolute Gasteiger partial charge is 0.302 e. The normalized spacial score (nSPS) is 18.1. The first kappa shape index (κ1) is 16.0. The predicted molar refractivity (Wildman–Crippen MR) is 84.9 cm³/mol. The van der Waals surface area contributed by atoms with Crippen molar-refractivity contribution in [2.24, 2.45) is 11.3 Å².